The predicted molar refractivity (Wildman–Crippen MR) is 99.5 cm³/mol. The number of likely N-dealkylation sites (N-methyl/N-ethyl adjacent to an activating group) is 1. The van der Waals surface area contributed by atoms with Gasteiger partial charge in [0.1, 0.15) is 5.82 Å². The zero-order valence-corrected chi connectivity index (χ0v) is 15.1. The lowest BCUT2D eigenvalue weighted by atomic mass is 10.0. The zero-order valence-electron chi connectivity index (χ0n) is 15.1. The lowest BCUT2D eigenvalue weighted by Crippen LogP contribution is -2.49. The molecule has 1 aliphatic rings. The highest BCUT2D eigenvalue weighted by Gasteiger charge is 2.26. The fourth-order valence-corrected chi connectivity index (χ4v) is 3.36. The van der Waals surface area contributed by atoms with Crippen LogP contribution in [0.3, 0.4) is 0 Å². The number of aromatic nitrogens is 2. The van der Waals surface area contributed by atoms with Gasteiger partial charge < -0.3 is 9.80 Å². The average molecular weight is 338 g/mol. The summed E-state index contributed by atoms with van der Waals surface area (Å²) < 4.78 is 0. The highest BCUT2D eigenvalue weighted by Crippen LogP contribution is 2.21. The van der Waals surface area contributed by atoms with Crippen LogP contribution in [0.15, 0.2) is 42.7 Å². The molecule has 0 bridgehead atoms. The summed E-state index contributed by atoms with van der Waals surface area (Å²) in [7, 11) is 1.93. The van der Waals surface area contributed by atoms with Crippen molar-refractivity contribution >= 4 is 11.7 Å². The van der Waals surface area contributed by atoms with E-state index in [1.807, 2.05) is 49.3 Å². The van der Waals surface area contributed by atoms with Crippen molar-refractivity contribution in [1.82, 2.24) is 14.9 Å². The van der Waals surface area contributed by atoms with Crippen molar-refractivity contribution < 1.29 is 4.79 Å². The molecular formula is C20H26N4O. The molecule has 0 N–H and O–H groups in total. The minimum absolute atomic E-state index is 0.202. The summed E-state index contributed by atoms with van der Waals surface area (Å²) in [6.07, 6.45) is 7.00. The maximum atomic E-state index is 12.6. The molecule has 0 aromatic carbocycles. The van der Waals surface area contributed by atoms with Gasteiger partial charge in [-0.25, -0.2) is 4.98 Å². The van der Waals surface area contributed by atoms with Crippen LogP contribution in [0.4, 0.5) is 5.82 Å². The number of aryl methyl sites for hydroxylation is 2. The van der Waals surface area contributed by atoms with Crippen LogP contribution in [0, 0.1) is 6.92 Å². The molecule has 2 aromatic heterocycles. The summed E-state index contributed by atoms with van der Waals surface area (Å²) in [5, 5.41) is 0. The fraction of sp³-hybridized carbons (Fsp3) is 0.450. The number of pyridine rings is 2. The number of carbonyl (C=O) groups is 1. The Balaban J connectivity index is 1.57. The Morgan fingerprint density at radius 3 is 2.96 bits per heavy atom. The van der Waals surface area contributed by atoms with Crippen LogP contribution in [0.5, 0.6) is 0 Å². The van der Waals surface area contributed by atoms with Crippen LogP contribution in [0.1, 0.15) is 30.5 Å². The highest BCUT2D eigenvalue weighted by molar-refractivity contribution is 5.76. The van der Waals surface area contributed by atoms with Gasteiger partial charge in [0, 0.05) is 50.7 Å². The van der Waals surface area contributed by atoms with Crippen LogP contribution < -0.4 is 4.90 Å². The first-order chi connectivity index (χ1) is 12.1. The molecule has 0 aliphatic carbocycles. The molecule has 3 rings (SSSR count). The van der Waals surface area contributed by atoms with E-state index in [-0.39, 0.29) is 11.9 Å². The lowest BCUT2D eigenvalue weighted by Gasteiger charge is -2.38. The number of carbonyl (C=O) groups excluding carboxylic acids is 1. The van der Waals surface area contributed by atoms with E-state index in [2.05, 4.69) is 20.9 Å². The molecule has 1 saturated heterocycles. The van der Waals surface area contributed by atoms with E-state index >= 15 is 0 Å². The molecule has 132 valence electrons. The van der Waals surface area contributed by atoms with Gasteiger partial charge in [-0.3, -0.25) is 9.78 Å². The van der Waals surface area contributed by atoms with E-state index in [1.165, 1.54) is 0 Å². The Labute approximate surface area is 149 Å². The van der Waals surface area contributed by atoms with Crippen molar-refractivity contribution in [2.75, 3.05) is 25.0 Å². The SMILES string of the molecule is Cc1cccc(N2CCC[C@@H](N(C)C(=O)CCc3cccnc3)C2)n1. The van der Waals surface area contributed by atoms with Crippen molar-refractivity contribution in [3.05, 3.63) is 54.0 Å². The standard InChI is InChI=1S/C20H26N4O/c1-16-6-3-9-19(22-16)24-13-5-8-18(15-24)23(2)20(25)11-10-17-7-4-12-21-14-17/h3-4,6-7,9,12,14,18H,5,8,10-11,13,15H2,1-2H3/t18-/m1/s1. The smallest absolute Gasteiger partial charge is 0.222 e. The molecule has 3 heterocycles. The molecule has 5 heteroatoms. The topological polar surface area (TPSA) is 49.3 Å². The van der Waals surface area contributed by atoms with E-state index in [1.54, 1.807) is 6.20 Å². The summed E-state index contributed by atoms with van der Waals surface area (Å²) >= 11 is 0. The van der Waals surface area contributed by atoms with Crippen LogP contribution in [0.25, 0.3) is 0 Å². The first kappa shape index (κ1) is 17.4. The lowest BCUT2D eigenvalue weighted by molar-refractivity contribution is -0.132. The van der Waals surface area contributed by atoms with Crippen molar-refractivity contribution in [1.29, 1.82) is 0 Å². The molecule has 1 amide bonds. The summed E-state index contributed by atoms with van der Waals surface area (Å²) in [6.45, 7) is 3.87. The number of hydrogen-bond acceptors (Lipinski definition) is 4. The second kappa shape index (κ2) is 8.10. The quantitative estimate of drug-likeness (QED) is 0.841. The Kier molecular flexibility index (Phi) is 5.64. The predicted octanol–water partition coefficient (Wildman–Crippen LogP) is 2.85. The maximum absolute atomic E-state index is 12.6. The Hall–Kier alpha value is -2.43. The van der Waals surface area contributed by atoms with Crippen LogP contribution in [-0.4, -0.2) is 47.0 Å². The summed E-state index contributed by atoms with van der Waals surface area (Å²) in [5.41, 5.74) is 2.14. The van der Waals surface area contributed by atoms with Gasteiger partial charge in [-0.15, -0.1) is 0 Å². The van der Waals surface area contributed by atoms with Gasteiger partial charge in [0.15, 0.2) is 0 Å². The monoisotopic (exact) mass is 338 g/mol. The van der Waals surface area contributed by atoms with E-state index in [9.17, 15) is 4.79 Å². The average Bonchev–Trinajstić information content (AvgIpc) is 2.66. The fourth-order valence-electron chi connectivity index (χ4n) is 3.36. The number of rotatable bonds is 5. The van der Waals surface area contributed by atoms with Gasteiger partial charge in [-0.05, 0) is 49.9 Å². The Morgan fingerprint density at radius 1 is 1.32 bits per heavy atom. The minimum atomic E-state index is 0.202. The van der Waals surface area contributed by atoms with Crippen molar-refractivity contribution in [2.24, 2.45) is 0 Å². The maximum Gasteiger partial charge on any atom is 0.222 e. The van der Waals surface area contributed by atoms with Gasteiger partial charge in [-0.1, -0.05) is 12.1 Å². The van der Waals surface area contributed by atoms with Crippen molar-refractivity contribution in [3.63, 3.8) is 0 Å². The van der Waals surface area contributed by atoms with Crippen molar-refractivity contribution in [3.8, 4) is 0 Å². The first-order valence-corrected chi connectivity index (χ1v) is 8.96. The molecule has 1 fully saturated rings. The third-order valence-corrected chi connectivity index (χ3v) is 4.89. The van der Waals surface area contributed by atoms with Gasteiger partial charge >= 0.3 is 0 Å². The van der Waals surface area contributed by atoms with Crippen LogP contribution >= 0.6 is 0 Å². The highest BCUT2D eigenvalue weighted by atomic mass is 16.2. The molecule has 25 heavy (non-hydrogen) atoms. The zero-order chi connectivity index (χ0) is 17.6. The molecule has 0 unspecified atom stereocenters. The molecule has 0 spiro atoms. The van der Waals surface area contributed by atoms with Gasteiger partial charge in [0.25, 0.3) is 0 Å². The number of anilines is 1. The van der Waals surface area contributed by atoms with Crippen molar-refractivity contribution in [2.45, 2.75) is 38.6 Å². The third kappa shape index (κ3) is 4.56. The van der Waals surface area contributed by atoms with E-state index in [0.29, 0.717) is 6.42 Å². The van der Waals surface area contributed by atoms with Crippen LogP contribution in [-0.2, 0) is 11.2 Å². The molecule has 5 nitrogen and oxygen atoms in total. The largest absolute Gasteiger partial charge is 0.355 e. The number of hydrogen-bond donors (Lipinski definition) is 0. The molecular weight excluding hydrogens is 312 g/mol. The van der Waals surface area contributed by atoms with E-state index in [4.69, 9.17) is 0 Å². The number of nitrogens with zero attached hydrogens (tertiary/aromatic N) is 4. The second-order valence-corrected chi connectivity index (χ2v) is 6.75. The normalized spacial score (nSPS) is 17.4. The number of piperidine rings is 1. The summed E-state index contributed by atoms with van der Waals surface area (Å²) in [4.78, 5) is 25.5. The number of amides is 1. The minimum Gasteiger partial charge on any atom is -0.355 e. The second-order valence-electron chi connectivity index (χ2n) is 6.75. The molecule has 2 aromatic rings. The van der Waals surface area contributed by atoms with Gasteiger partial charge in [0.05, 0.1) is 0 Å². The summed E-state index contributed by atoms with van der Waals surface area (Å²) in [5.74, 6) is 1.22. The summed E-state index contributed by atoms with van der Waals surface area (Å²) in [6, 6.07) is 10.3. The first-order valence-electron chi connectivity index (χ1n) is 8.96. The van der Waals surface area contributed by atoms with E-state index < -0.39 is 0 Å². The van der Waals surface area contributed by atoms with Crippen LogP contribution in [0.2, 0.25) is 0 Å². The molecule has 0 radical (unpaired) electrons. The molecule has 1 aliphatic heterocycles. The van der Waals surface area contributed by atoms with Gasteiger partial charge in [0.2, 0.25) is 5.91 Å². The van der Waals surface area contributed by atoms with E-state index in [0.717, 1.165) is 49.4 Å². The van der Waals surface area contributed by atoms with Gasteiger partial charge in [-0.2, -0.15) is 0 Å². The Morgan fingerprint density at radius 2 is 2.20 bits per heavy atom. The molecule has 0 saturated carbocycles. The molecule has 1 atom stereocenters. The third-order valence-electron chi connectivity index (χ3n) is 4.89. The Bertz CT molecular complexity index is 704.